The molecule has 3 aromatic heterocycles. The van der Waals surface area contributed by atoms with Gasteiger partial charge in [-0.1, -0.05) is 12.1 Å². The molecule has 0 fully saturated rings. The molecule has 0 saturated heterocycles. The number of rotatable bonds is 7. The first-order valence-electron chi connectivity index (χ1n) is 9.94. The Morgan fingerprint density at radius 3 is 2.44 bits per heavy atom. The first kappa shape index (κ1) is 22.3. The van der Waals surface area contributed by atoms with E-state index in [2.05, 4.69) is 20.2 Å². The van der Waals surface area contributed by atoms with Gasteiger partial charge in [0.15, 0.2) is 9.84 Å². The Labute approximate surface area is 192 Å². The molecule has 8 nitrogen and oxygen atoms in total. The van der Waals surface area contributed by atoms with Gasteiger partial charge in [-0.15, -0.1) is 21.5 Å². The average molecular weight is 472 g/mol. The molecule has 4 aromatic rings. The molecule has 0 bridgehead atoms. The van der Waals surface area contributed by atoms with Gasteiger partial charge in [-0.05, 0) is 57.1 Å². The highest BCUT2D eigenvalue weighted by Gasteiger charge is 2.19. The van der Waals surface area contributed by atoms with E-state index in [1.54, 1.807) is 30.5 Å². The predicted octanol–water partition coefficient (Wildman–Crippen LogP) is 4.12. The predicted molar refractivity (Wildman–Crippen MR) is 126 cm³/mol. The number of nitrogens with zero attached hydrogens (tertiary/aromatic N) is 5. The number of aromatic nitrogens is 4. The Kier molecular flexibility index (Phi) is 6.18. The minimum absolute atomic E-state index is 0. The topological polar surface area (TPSA) is 102 Å². The summed E-state index contributed by atoms with van der Waals surface area (Å²) >= 11 is 1.54. The van der Waals surface area contributed by atoms with Gasteiger partial charge in [0.2, 0.25) is 0 Å². The monoisotopic (exact) mass is 471 g/mol. The van der Waals surface area contributed by atoms with Crippen LogP contribution in [0.4, 0.5) is 0 Å². The first-order valence-corrected chi connectivity index (χ1v) is 12.5. The molecule has 0 unspecified atom stereocenters. The SMILES string of the molecule is Cc1ccsc1-c1nnc(-c2nc(-c3ccc(S(=O)(=O)CCN(C)C)cc3)cnc2C)o1.[HH]. The van der Waals surface area contributed by atoms with Crippen molar-refractivity contribution in [1.82, 2.24) is 25.1 Å². The molecule has 0 spiro atoms. The summed E-state index contributed by atoms with van der Waals surface area (Å²) in [6, 6.07) is 8.68. The van der Waals surface area contributed by atoms with Crippen molar-refractivity contribution < 1.29 is 14.3 Å². The molecule has 0 aliphatic heterocycles. The van der Waals surface area contributed by atoms with E-state index in [1.807, 2.05) is 44.3 Å². The van der Waals surface area contributed by atoms with E-state index < -0.39 is 9.84 Å². The summed E-state index contributed by atoms with van der Waals surface area (Å²) < 4.78 is 30.9. The Morgan fingerprint density at radius 1 is 1.06 bits per heavy atom. The highest BCUT2D eigenvalue weighted by molar-refractivity contribution is 7.91. The second-order valence-electron chi connectivity index (χ2n) is 7.68. The summed E-state index contributed by atoms with van der Waals surface area (Å²) in [6.07, 6.45) is 1.65. The zero-order chi connectivity index (χ0) is 22.9. The van der Waals surface area contributed by atoms with Crippen LogP contribution in [0.1, 0.15) is 12.7 Å². The number of aryl methyl sites for hydroxylation is 2. The average Bonchev–Trinajstić information content (AvgIpc) is 3.42. The fraction of sp³-hybridized carbons (Fsp3) is 0.273. The van der Waals surface area contributed by atoms with E-state index in [-0.39, 0.29) is 12.1 Å². The largest absolute Gasteiger partial charge is 0.414 e. The molecule has 10 heteroatoms. The Morgan fingerprint density at radius 2 is 1.78 bits per heavy atom. The third-order valence-electron chi connectivity index (χ3n) is 4.96. The molecule has 168 valence electrons. The molecule has 0 aliphatic carbocycles. The summed E-state index contributed by atoms with van der Waals surface area (Å²) in [5.74, 6) is 0.811. The van der Waals surface area contributed by atoms with Crippen LogP contribution >= 0.6 is 11.3 Å². The first-order chi connectivity index (χ1) is 15.2. The van der Waals surface area contributed by atoms with Crippen molar-refractivity contribution in [2.75, 3.05) is 26.4 Å². The van der Waals surface area contributed by atoms with E-state index in [4.69, 9.17) is 4.42 Å². The minimum Gasteiger partial charge on any atom is -0.414 e. The summed E-state index contributed by atoms with van der Waals surface area (Å²) in [7, 11) is 0.350. The van der Waals surface area contributed by atoms with Crippen LogP contribution in [-0.4, -0.2) is 59.9 Å². The zero-order valence-electron chi connectivity index (χ0n) is 18.2. The second-order valence-corrected chi connectivity index (χ2v) is 10.7. The van der Waals surface area contributed by atoms with Crippen molar-refractivity contribution in [3.05, 3.63) is 53.2 Å². The fourth-order valence-electron chi connectivity index (χ4n) is 3.05. The van der Waals surface area contributed by atoms with Crippen molar-refractivity contribution >= 4 is 21.2 Å². The van der Waals surface area contributed by atoms with Crippen LogP contribution in [0.15, 0.2) is 51.2 Å². The fourth-order valence-corrected chi connectivity index (χ4v) is 5.28. The quantitative estimate of drug-likeness (QED) is 0.397. The standard InChI is InChI=1S/C22H23N5O3S2.H2/c1-14-9-11-31-20(14)22-26-25-21(30-22)19-15(2)23-13-18(24-19)16-5-7-17(8-6-16)32(28,29)12-10-27(3)4;/h5-9,11,13H,10,12H2,1-4H3;1H. The summed E-state index contributed by atoms with van der Waals surface area (Å²) in [5.41, 5.74) is 3.57. The molecule has 0 aliphatic rings. The normalized spacial score (nSPS) is 11.9. The van der Waals surface area contributed by atoms with Crippen LogP contribution < -0.4 is 0 Å². The Balaban J connectivity index is 0.00000306. The molecule has 4 rings (SSSR count). The van der Waals surface area contributed by atoms with Gasteiger partial charge in [0.25, 0.3) is 11.8 Å². The third kappa shape index (κ3) is 4.62. The maximum atomic E-state index is 12.5. The lowest BCUT2D eigenvalue weighted by Crippen LogP contribution is -2.21. The van der Waals surface area contributed by atoms with Crippen LogP contribution in [0.3, 0.4) is 0 Å². The molecular weight excluding hydrogens is 446 g/mol. The van der Waals surface area contributed by atoms with Gasteiger partial charge in [0, 0.05) is 13.5 Å². The molecule has 0 amide bonds. The van der Waals surface area contributed by atoms with Crippen molar-refractivity contribution in [3.63, 3.8) is 0 Å². The van der Waals surface area contributed by atoms with Crippen LogP contribution in [0, 0.1) is 13.8 Å². The van der Waals surface area contributed by atoms with E-state index in [9.17, 15) is 8.42 Å². The molecule has 0 saturated carbocycles. The van der Waals surface area contributed by atoms with Crippen LogP contribution in [-0.2, 0) is 9.84 Å². The van der Waals surface area contributed by atoms with Crippen LogP contribution in [0.2, 0.25) is 0 Å². The zero-order valence-corrected chi connectivity index (χ0v) is 19.9. The van der Waals surface area contributed by atoms with Crippen LogP contribution in [0.25, 0.3) is 33.6 Å². The lowest BCUT2D eigenvalue weighted by molar-refractivity contribution is 0.432. The lowest BCUT2D eigenvalue weighted by atomic mass is 10.1. The van der Waals surface area contributed by atoms with Gasteiger partial charge in [-0.3, -0.25) is 4.98 Å². The van der Waals surface area contributed by atoms with E-state index in [1.165, 1.54) is 11.3 Å². The molecule has 32 heavy (non-hydrogen) atoms. The van der Waals surface area contributed by atoms with Crippen LogP contribution in [0.5, 0.6) is 0 Å². The number of hydrogen-bond donors (Lipinski definition) is 0. The Hall–Kier alpha value is -2.95. The summed E-state index contributed by atoms with van der Waals surface area (Å²) in [6.45, 7) is 4.28. The summed E-state index contributed by atoms with van der Waals surface area (Å²) in [5, 5.41) is 10.3. The van der Waals surface area contributed by atoms with Crippen molar-refractivity contribution in [1.29, 1.82) is 0 Å². The molecule has 0 N–H and O–H groups in total. The van der Waals surface area contributed by atoms with E-state index in [0.29, 0.717) is 35.4 Å². The smallest absolute Gasteiger partial charge is 0.268 e. The summed E-state index contributed by atoms with van der Waals surface area (Å²) in [4.78, 5) is 12.2. The van der Waals surface area contributed by atoms with Crippen molar-refractivity contribution in [2.24, 2.45) is 0 Å². The minimum atomic E-state index is -3.34. The van der Waals surface area contributed by atoms with Gasteiger partial charge < -0.3 is 9.32 Å². The van der Waals surface area contributed by atoms with Gasteiger partial charge in [0.1, 0.15) is 5.69 Å². The number of thiophene rings is 1. The maximum absolute atomic E-state index is 12.5. The van der Waals surface area contributed by atoms with Gasteiger partial charge in [-0.2, -0.15) is 0 Å². The van der Waals surface area contributed by atoms with E-state index >= 15 is 0 Å². The Bertz CT molecular complexity index is 1350. The number of benzene rings is 1. The number of hydrogen-bond acceptors (Lipinski definition) is 9. The third-order valence-corrected chi connectivity index (χ3v) is 7.67. The highest BCUT2D eigenvalue weighted by atomic mass is 32.2. The van der Waals surface area contributed by atoms with Gasteiger partial charge in [0.05, 0.1) is 33.1 Å². The molecular formula is C22H25N5O3S2. The maximum Gasteiger partial charge on any atom is 0.268 e. The van der Waals surface area contributed by atoms with Crippen molar-refractivity contribution in [3.8, 4) is 33.6 Å². The van der Waals surface area contributed by atoms with E-state index in [0.717, 1.165) is 16.0 Å². The molecule has 0 radical (unpaired) electrons. The molecule has 1 aromatic carbocycles. The van der Waals surface area contributed by atoms with Crippen molar-refractivity contribution in [2.45, 2.75) is 18.7 Å². The molecule has 0 atom stereocenters. The number of sulfone groups is 1. The van der Waals surface area contributed by atoms with Gasteiger partial charge >= 0.3 is 0 Å². The second kappa shape index (κ2) is 8.89. The lowest BCUT2D eigenvalue weighted by Gasteiger charge is -2.10. The van der Waals surface area contributed by atoms with Gasteiger partial charge in [-0.25, -0.2) is 13.4 Å². The highest BCUT2D eigenvalue weighted by Crippen LogP contribution is 2.31. The molecule has 3 heterocycles.